The quantitative estimate of drug-likeness (QED) is 0.777. The van der Waals surface area contributed by atoms with Gasteiger partial charge in [0, 0.05) is 37.2 Å². The van der Waals surface area contributed by atoms with Crippen LogP contribution in [0.1, 0.15) is 24.0 Å². The minimum atomic E-state index is -0.670. The van der Waals surface area contributed by atoms with Crippen LogP contribution < -0.4 is 5.32 Å². The summed E-state index contributed by atoms with van der Waals surface area (Å²) >= 11 is 6.05. The molecule has 4 nitrogen and oxygen atoms in total. The highest BCUT2D eigenvalue weighted by Crippen LogP contribution is 2.29. The summed E-state index contributed by atoms with van der Waals surface area (Å²) in [6, 6.07) is 6.45. The zero-order valence-electron chi connectivity index (χ0n) is 13.9. The number of carboxylic acid groups (broad SMARTS) is 1. The summed E-state index contributed by atoms with van der Waals surface area (Å²) in [5.41, 5.74) is 2.61. The largest absolute Gasteiger partial charge is 0.481 e. The molecule has 3 atom stereocenters. The summed E-state index contributed by atoms with van der Waals surface area (Å²) in [6.07, 6.45) is 3.40. The Balaban J connectivity index is 1.58. The molecule has 2 radical (unpaired) electrons. The fourth-order valence-electron chi connectivity index (χ4n) is 4.05. The predicted molar refractivity (Wildman–Crippen MR) is 96.6 cm³/mol. The fourth-order valence-corrected chi connectivity index (χ4v) is 4.25. The van der Waals surface area contributed by atoms with Crippen LogP contribution in [0.3, 0.4) is 0 Å². The van der Waals surface area contributed by atoms with Crippen molar-refractivity contribution in [1.82, 2.24) is 10.2 Å². The van der Waals surface area contributed by atoms with Crippen LogP contribution in [0, 0.1) is 11.8 Å². The van der Waals surface area contributed by atoms with Crippen LogP contribution in [-0.4, -0.2) is 49.5 Å². The summed E-state index contributed by atoms with van der Waals surface area (Å²) in [5, 5.41) is 13.8. The second-order valence-corrected chi connectivity index (χ2v) is 7.49. The van der Waals surface area contributed by atoms with Gasteiger partial charge in [0.1, 0.15) is 0 Å². The first-order valence-corrected chi connectivity index (χ1v) is 9.10. The van der Waals surface area contributed by atoms with Crippen LogP contribution in [0.15, 0.2) is 18.2 Å². The molecule has 128 valence electrons. The molecule has 2 aliphatic rings. The monoisotopic (exact) mass is 346 g/mol. The first kappa shape index (κ1) is 17.8. The number of nitrogens with zero attached hydrogens (tertiary/aromatic N) is 1. The van der Waals surface area contributed by atoms with Gasteiger partial charge in [-0.25, -0.2) is 0 Å². The molecule has 0 amide bonds. The predicted octanol–water partition coefficient (Wildman–Crippen LogP) is 2.35. The van der Waals surface area contributed by atoms with Crippen LogP contribution in [0.4, 0.5) is 0 Å². The third-order valence-electron chi connectivity index (χ3n) is 5.31. The molecular weight excluding hydrogens is 322 g/mol. The Bertz CT molecular complexity index is 598. The Hall–Kier alpha value is -1.04. The zero-order chi connectivity index (χ0) is 17.1. The smallest absolute Gasteiger partial charge is 0.308 e. The number of rotatable bonds is 6. The average Bonchev–Trinajstić information content (AvgIpc) is 2.96. The van der Waals surface area contributed by atoms with Crippen LogP contribution in [-0.2, 0) is 17.8 Å². The Kier molecular flexibility index (Phi) is 5.85. The van der Waals surface area contributed by atoms with E-state index in [2.05, 4.69) is 16.3 Å². The summed E-state index contributed by atoms with van der Waals surface area (Å²) in [5.74, 6) is -0.705. The second-order valence-electron chi connectivity index (χ2n) is 7.05. The van der Waals surface area contributed by atoms with Gasteiger partial charge >= 0.3 is 5.97 Å². The molecule has 0 aliphatic carbocycles. The molecule has 2 heterocycles. The van der Waals surface area contributed by atoms with Gasteiger partial charge in [-0.2, -0.15) is 0 Å². The van der Waals surface area contributed by atoms with E-state index in [-0.39, 0.29) is 11.8 Å². The third kappa shape index (κ3) is 4.13. The number of halogens is 1. The summed E-state index contributed by atoms with van der Waals surface area (Å²) in [7, 11) is 5.59. The Labute approximate surface area is 150 Å². The van der Waals surface area contributed by atoms with Crippen molar-refractivity contribution in [2.45, 2.75) is 38.2 Å². The van der Waals surface area contributed by atoms with Crippen molar-refractivity contribution in [3.05, 3.63) is 34.3 Å². The van der Waals surface area contributed by atoms with Gasteiger partial charge in [0.2, 0.25) is 0 Å². The minimum absolute atomic E-state index is 0.223. The van der Waals surface area contributed by atoms with Gasteiger partial charge < -0.3 is 15.3 Å². The number of nitrogens with one attached hydrogen (secondary N) is 1. The van der Waals surface area contributed by atoms with Crippen molar-refractivity contribution in [3.8, 4) is 0 Å². The lowest BCUT2D eigenvalue weighted by molar-refractivity contribution is -0.142. The van der Waals surface area contributed by atoms with Crippen LogP contribution >= 0.6 is 11.6 Å². The van der Waals surface area contributed by atoms with Crippen molar-refractivity contribution in [1.29, 1.82) is 0 Å². The molecule has 0 aromatic heterocycles. The number of aliphatic carboxylic acids is 1. The lowest BCUT2D eigenvalue weighted by Crippen LogP contribution is -2.44. The maximum Gasteiger partial charge on any atom is 0.308 e. The number of fused-ring (bicyclic) bond motifs is 1. The van der Waals surface area contributed by atoms with Gasteiger partial charge in [-0.3, -0.25) is 4.79 Å². The van der Waals surface area contributed by atoms with Gasteiger partial charge in [0.15, 0.2) is 0 Å². The van der Waals surface area contributed by atoms with Crippen LogP contribution in [0.2, 0.25) is 11.3 Å². The molecule has 1 saturated heterocycles. The number of hydrogen-bond donors (Lipinski definition) is 2. The molecule has 0 spiro atoms. The highest BCUT2D eigenvalue weighted by atomic mass is 35.5. The molecule has 1 aromatic rings. The highest BCUT2D eigenvalue weighted by molar-refractivity contribution is 6.30. The van der Waals surface area contributed by atoms with E-state index in [9.17, 15) is 9.90 Å². The van der Waals surface area contributed by atoms with Crippen molar-refractivity contribution in [2.24, 2.45) is 11.8 Å². The van der Waals surface area contributed by atoms with E-state index in [1.54, 1.807) is 0 Å². The van der Waals surface area contributed by atoms with Gasteiger partial charge in [-0.1, -0.05) is 30.4 Å². The van der Waals surface area contributed by atoms with E-state index in [1.165, 1.54) is 11.1 Å². The molecule has 3 rings (SSSR count). The van der Waals surface area contributed by atoms with Crippen molar-refractivity contribution >= 4 is 25.4 Å². The van der Waals surface area contributed by atoms with E-state index < -0.39 is 5.97 Å². The molecule has 2 unspecified atom stereocenters. The molecule has 1 aromatic carbocycles. The maximum atomic E-state index is 11.5. The molecule has 0 bridgehead atoms. The van der Waals surface area contributed by atoms with E-state index in [0.717, 1.165) is 43.9 Å². The lowest BCUT2D eigenvalue weighted by atomic mass is 9.88. The minimum Gasteiger partial charge on any atom is -0.481 e. The molecule has 2 aliphatic heterocycles. The van der Waals surface area contributed by atoms with E-state index >= 15 is 0 Å². The van der Waals surface area contributed by atoms with Gasteiger partial charge in [-0.15, -0.1) is 0 Å². The Morgan fingerprint density at radius 2 is 2.21 bits per heavy atom. The standard InChI is InChI=1S/C18H24BClN2O2/c19-5-1-2-13-9-22(11-17(13)18(23)24)10-16-7-12-3-4-15(20)6-14(12)8-21-16/h3-4,6,13,16-17,21H,1-2,5,7-11H2,(H,23,24)/t13?,16?,17-/m1/s1. The fraction of sp³-hybridized carbons (Fsp3) is 0.611. The second kappa shape index (κ2) is 7.90. The van der Waals surface area contributed by atoms with Gasteiger partial charge in [0.25, 0.3) is 0 Å². The summed E-state index contributed by atoms with van der Waals surface area (Å²) < 4.78 is 0. The van der Waals surface area contributed by atoms with Gasteiger partial charge in [0.05, 0.1) is 13.8 Å². The molecule has 0 saturated carbocycles. The molecule has 2 N–H and O–H groups in total. The Morgan fingerprint density at radius 1 is 1.38 bits per heavy atom. The normalized spacial score (nSPS) is 27.1. The summed E-state index contributed by atoms with van der Waals surface area (Å²) in [6.45, 7) is 3.23. The number of benzene rings is 1. The Morgan fingerprint density at radius 3 is 2.96 bits per heavy atom. The molecule has 6 heteroatoms. The zero-order valence-corrected chi connectivity index (χ0v) is 14.6. The topological polar surface area (TPSA) is 52.6 Å². The van der Waals surface area contributed by atoms with Crippen molar-refractivity contribution in [2.75, 3.05) is 19.6 Å². The number of likely N-dealkylation sites (tertiary alicyclic amines) is 1. The van der Waals surface area contributed by atoms with E-state index in [0.29, 0.717) is 18.9 Å². The van der Waals surface area contributed by atoms with Gasteiger partial charge in [-0.05, 0) is 42.0 Å². The lowest BCUT2D eigenvalue weighted by Gasteiger charge is -2.30. The average molecular weight is 347 g/mol. The van der Waals surface area contributed by atoms with Crippen molar-refractivity contribution < 1.29 is 9.90 Å². The van der Waals surface area contributed by atoms with Crippen LogP contribution in [0.25, 0.3) is 0 Å². The van der Waals surface area contributed by atoms with Crippen molar-refractivity contribution in [3.63, 3.8) is 0 Å². The first-order chi connectivity index (χ1) is 11.6. The van der Waals surface area contributed by atoms with E-state index in [4.69, 9.17) is 19.4 Å². The molecular formula is C18H24BClN2O2. The number of hydrogen-bond acceptors (Lipinski definition) is 3. The number of carboxylic acids is 1. The number of carbonyl (C=O) groups is 1. The first-order valence-electron chi connectivity index (χ1n) is 8.72. The molecule has 1 fully saturated rings. The SMILES string of the molecule is [B]CCCC1CN(CC2Cc3ccc(Cl)cc3CN2)C[C@H]1C(=O)O. The maximum absolute atomic E-state index is 11.5. The highest BCUT2D eigenvalue weighted by Gasteiger charge is 2.37. The molecule has 24 heavy (non-hydrogen) atoms. The van der Waals surface area contributed by atoms with E-state index in [1.807, 2.05) is 12.1 Å². The summed E-state index contributed by atoms with van der Waals surface area (Å²) in [4.78, 5) is 13.8. The van der Waals surface area contributed by atoms with Crippen LogP contribution in [0.5, 0.6) is 0 Å². The third-order valence-corrected chi connectivity index (χ3v) is 5.54.